The van der Waals surface area contributed by atoms with Gasteiger partial charge in [-0.05, 0) is 38.2 Å². The zero-order valence-corrected chi connectivity index (χ0v) is 17.5. The van der Waals surface area contributed by atoms with Crippen LogP contribution in [0, 0.1) is 6.92 Å². The molecule has 0 aliphatic carbocycles. The fourth-order valence-electron chi connectivity index (χ4n) is 2.84. The van der Waals surface area contributed by atoms with Crippen LogP contribution >= 0.6 is 11.8 Å². The van der Waals surface area contributed by atoms with Crippen LogP contribution in [-0.2, 0) is 18.3 Å². The first-order valence-electron chi connectivity index (χ1n) is 9.26. The number of aromatic nitrogens is 3. The molecule has 1 aliphatic heterocycles. The predicted molar refractivity (Wildman–Crippen MR) is 108 cm³/mol. The van der Waals surface area contributed by atoms with E-state index in [9.17, 15) is 4.79 Å². The van der Waals surface area contributed by atoms with Crippen molar-refractivity contribution in [2.24, 2.45) is 12.0 Å². The van der Waals surface area contributed by atoms with Gasteiger partial charge in [-0.15, -0.1) is 10.2 Å². The summed E-state index contributed by atoms with van der Waals surface area (Å²) >= 11 is 1.84. The highest BCUT2D eigenvalue weighted by Crippen LogP contribution is 2.11. The molecule has 0 radical (unpaired) electrons. The van der Waals surface area contributed by atoms with Gasteiger partial charge in [-0.1, -0.05) is 0 Å². The lowest BCUT2D eigenvalue weighted by molar-refractivity contribution is 0.111. The van der Waals surface area contributed by atoms with Gasteiger partial charge in [-0.2, -0.15) is 11.8 Å². The molecule has 1 aromatic heterocycles. The molecule has 0 aromatic carbocycles. The van der Waals surface area contributed by atoms with Gasteiger partial charge in [0.2, 0.25) is 0 Å². The van der Waals surface area contributed by atoms with Gasteiger partial charge in [-0.3, -0.25) is 0 Å². The van der Waals surface area contributed by atoms with E-state index in [-0.39, 0.29) is 12.1 Å². The molecule has 2 N–H and O–H groups in total. The van der Waals surface area contributed by atoms with Crippen molar-refractivity contribution in [3.8, 4) is 0 Å². The molecular formula is C17H31N7O2S. The number of carbonyl (C=O) groups is 1. The monoisotopic (exact) mass is 397 g/mol. The number of hydrogen-bond donors (Lipinski definition) is 2. The van der Waals surface area contributed by atoms with Crippen LogP contribution in [-0.4, -0.2) is 76.5 Å². The first-order chi connectivity index (χ1) is 13.0. The number of thioether (sulfide) groups is 1. The van der Waals surface area contributed by atoms with Gasteiger partial charge in [0.25, 0.3) is 0 Å². The van der Waals surface area contributed by atoms with Gasteiger partial charge in [0, 0.05) is 32.7 Å². The van der Waals surface area contributed by atoms with E-state index in [4.69, 9.17) is 4.74 Å². The molecule has 1 aliphatic rings. The molecule has 1 aromatic rings. The third-order valence-corrected chi connectivity index (χ3v) is 5.34. The van der Waals surface area contributed by atoms with Gasteiger partial charge in [0.1, 0.15) is 12.4 Å². The van der Waals surface area contributed by atoms with Gasteiger partial charge in [0.15, 0.2) is 11.8 Å². The number of methoxy groups -OCH3 is 1. The van der Waals surface area contributed by atoms with Crippen LogP contribution in [0.15, 0.2) is 4.99 Å². The number of nitrogens with zero attached hydrogens (tertiary/aromatic N) is 5. The largest absolute Gasteiger partial charge is 0.453 e. The molecule has 2 heterocycles. The van der Waals surface area contributed by atoms with E-state index < -0.39 is 0 Å². The van der Waals surface area contributed by atoms with Gasteiger partial charge >= 0.3 is 6.09 Å². The number of aliphatic imine (C=N–C) groups is 1. The van der Waals surface area contributed by atoms with Crippen molar-refractivity contribution < 1.29 is 9.53 Å². The number of amides is 1. The number of aryl methyl sites for hydroxylation is 1. The second-order valence-corrected chi connectivity index (χ2v) is 7.52. The van der Waals surface area contributed by atoms with Crippen LogP contribution in [0.5, 0.6) is 0 Å². The van der Waals surface area contributed by atoms with Crippen molar-refractivity contribution in [1.82, 2.24) is 30.3 Å². The Labute approximate surface area is 165 Å². The van der Waals surface area contributed by atoms with E-state index in [2.05, 4.69) is 32.1 Å². The molecule has 0 atom stereocenters. The summed E-state index contributed by atoms with van der Waals surface area (Å²) in [5.74, 6) is 3.60. The SMILES string of the molecule is COC(=O)N1CCC(NC(=NCc2nnc(C)n2C)NCCCSC)CC1. The van der Waals surface area contributed by atoms with Crippen molar-refractivity contribution in [3.63, 3.8) is 0 Å². The number of hydrogen-bond acceptors (Lipinski definition) is 6. The standard InChI is InChI=1S/C17H31N7O2S/c1-13-21-22-15(23(13)2)12-19-16(18-8-5-11-27-4)20-14-6-9-24(10-7-14)17(25)26-3/h14H,5-12H2,1-4H3,(H2,18,19,20). The van der Waals surface area contributed by atoms with Crippen LogP contribution < -0.4 is 10.6 Å². The quantitative estimate of drug-likeness (QED) is 0.405. The Morgan fingerprint density at radius 3 is 2.70 bits per heavy atom. The highest BCUT2D eigenvalue weighted by atomic mass is 32.2. The number of carbonyl (C=O) groups excluding carboxylic acids is 1. The van der Waals surface area contributed by atoms with Crippen molar-refractivity contribution in [2.45, 2.75) is 38.8 Å². The summed E-state index contributed by atoms with van der Waals surface area (Å²) in [7, 11) is 3.37. The number of guanidine groups is 1. The summed E-state index contributed by atoms with van der Waals surface area (Å²) in [5.41, 5.74) is 0. The lowest BCUT2D eigenvalue weighted by Crippen LogP contribution is -2.50. The Morgan fingerprint density at radius 2 is 2.11 bits per heavy atom. The van der Waals surface area contributed by atoms with E-state index in [0.717, 1.165) is 49.2 Å². The van der Waals surface area contributed by atoms with Crippen LogP contribution in [0.25, 0.3) is 0 Å². The molecule has 0 unspecified atom stereocenters. The van der Waals surface area contributed by atoms with Crippen LogP contribution in [0.4, 0.5) is 4.79 Å². The Hall–Kier alpha value is -1.97. The van der Waals surface area contributed by atoms with Gasteiger partial charge in [0.05, 0.1) is 7.11 Å². The zero-order valence-electron chi connectivity index (χ0n) is 16.7. The summed E-state index contributed by atoms with van der Waals surface area (Å²) in [6.45, 7) is 4.63. The maximum absolute atomic E-state index is 11.6. The number of ether oxygens (including phenoxy) is 1. The fraction of sp³-hybridized carbons (Fsp3) is 0.765. The molecule has 152 valence electrons. The van der Waals surface area contributed by atoms with Crippen molar-refractivity contribution in [3.05, 3.63) is 11.6 Å². The maximum Gasteiger partial charge on any atom is 0.409 e. The highest BCUT2D eigenvalue weighted by molar-refractivity contribution is 7.98. The molecule has 10 heteroatoms. The second kappa shape index (κ2) is 11.0. The Balaban J connectivity index is 1.92. The number of piperidine rings is 1. The topological polar surface area (TPSA) is 96.7 Å². The van der Waals surface area contributed by atoms with Gasteiger partial charge < -0.3 is 24.8 Å². The number of likely N-dealkylation sites (tertiary alicyclic amines) is 1. The van der Waals surface area contributed by atoms with Crippen molar-refractivity contribution in [2.75, 3.05) is 38.8 Å². The zero-order chi connectivity index (χ0) is 19.6. The third kappa shape index (κ3) is 6.60. The van der Waals surface area contributed by atoms with E-state index >= 15 is 0 Å². The summed E-state index contributed by atoms with van der Waals surface area (Å²) in [6, 6.07) is 0.277. The normalized spacial score (nSPS) is 15.7. The van der Waals surface area contributed by atoms with Crippen molar-refractivity contribution in [1.29, 1.82) is 0 Å². The van der Waals surface area contributed by atoms with E-state index in [1.54, 1.807) is 4.90 Å². The summed E-state index contributed by atoms with van der Waals surface area (Å²) < 4.78 is 6.74. The molecule has 9 nitrogen and oxygen atoms in total. The summed E-state index contributed by atoms with van der Waals surface area (Å²) in [4.78, 5) is 18.1. The molecule has 27 heavy (non-hydrogen) atoms. The third-order valence-electron chi connectivity index (χ3n) is 4.65. The number of nitrogens with one attached hydrogen (secondary N) is 2. The summed E-state index contributed by atoms with van der Waals surface area (Å²) in [5, 5.41) is 15.2. The molecule has 0 saturated carbocycles. The Kier molecular flexibility index (Phi) is 8.70. The predicted octanol–water partition coefficient (Wildman–Crippen LogP) is 1.14. The molecule has 1 fully saturated rings. The molecule has 1 amide bonds. The first-order valence-corrected chi connectivity index (χ1v) is 10.7. The van der Waals surface area contributed by atoms with E-state index in [0.29, 0.717) is 19.6 Å². The molecule has 0 bridgehead atoms. The second-order valence-electron chi connectivity index (χ2n) is 6.54. The average Bonchev–Trinajstić information content (AvgIpc) is 3.01. The maximum atomic E-state index is 11.6. The number of rotatable bonds is 7. The first kappa shape index (κ1) is 21.3. The van der Waals surface area contributed by atoms with Crippen LogP contribution in [0.1, 0.15) is 30.9 Å². The average molecular weight is 398 g/mol. The minimum Gasteiger partial charge on any atom is -0.453 e. The van der Waals surface area contributed by atoms with Crippen LogP contribution in [0.2, 0.25) is 0 Å². The lowest BCUT2D eigenvalue weighted by Gasteiger charge is -2.32. The van der Waals surface area contributed by atoms with Gasteiger partial charge in [-0.25, -0.2) is 9.79 Å². The molecule has 0 spiro atoms. The lowest BCUT2D eigenvalue weighted by atomic mass is 10.1. The Bertz CT molecular complexity index is 627. The summed E-state index contributed by atoms with van der Waals surface area (Å²) in [6.07, 6.45) is 4.66. The fourth-order valence-corrected chi connectivity index (χ4v) is 3.28. The molecule has 2 rings (SSSR count). The van der Waals surface area contributed by atoms with E-state index in [1.165, 1.54) is 7.11 Å². The highest BCUT2D eigenvalue weighted by Gasteiger charge is 2.23. The molecule has 1 saturated heterocycles. The van der Waals surface area contributed by atoms with Crippen LogP contribution in [0.3, 0.4) is 0 Å². The van der Waals surface area contributed by atoms with Crippen molar-refractivity contribution >= 4 is 23.8 Å². The minimum atomic E-state index is -0.254. The smallest absolute Gasteiger partial charge is 0.409 e. The minimum absolute atomic E-state index is 0.254. The van der Waals surface area contributed by atoms with E-state index in [1.807, 2.05) is 30.3 Å². The Morgan fingerprint density at radius 1 is 1.37 bits per heavy atom. The molecular weight excluding hydrogens is 366 g/mol.